The molecule has 4 rings (SSSR count). The van der Waals surface area contributed by atoms with Crippen LogP contribution in [0.2, 0.25) is 0 Å². The van der Waals surface area contributed by atoms with Crippen molar-refractivity contribution in [3.05, 3.63) is 30.3 Å². The second-order valence-electron chi connectivity index (χ2n) is 9.81. The SMILES string of the molecule is COC(=O)N1C[C@H](C2CCCNC2)C[C@H](C(=O)NO)[C@H](C(=O)N2CCN(c3ccccc3)CC2)C1. The van der Waals surface area contributed by atoms with E-state index >= 15 is 0 Å². The molecule has 3 amide bonds. The van der Waals surface area contributed by atoms with Crippen LogP contribution in [0.25, 0.3) is 0 Å². The number of anilines is 1. The Morgan fingerprint density at radius 1 is 1.00 bits per heavy atom. The van der Waals surface area contributed by atoms with Crippen molar-refractivity contribution in [2.75, 3.05) is 64.4 Å². The Bertz CT molecular complexity index is 870. The second-order valence-corrected chi connectivity index (χ2v) is 9.81. The molecule has 3 aliphatic heterocycles. The molecule has 3 aliphatic rings. The van der Waals surface area contributed by atoms with Gasteiger partial charge in [0.1, 0.15) is 0 Å². The fraction of sp³-hybridized carbons (Fsp3) is 0.640. The van der Waals surface area contributed by atoms with Gasteiger partial charge in [-0.15, -0.1) is 0 Å². The van der Waals surface area contributed by atoms with Crippen LogP contribution in [0.1, 0.15) is 19.3 Å². The first kappa shape index (κ1) is 25.2. The fourth-order valence-electron chi connectivity index (χ4n) is 5.87. The van der Waals surface area contributed by atoms with Crippen LogP contribution in [0.15, 0.2) is 30.3 Å². The van der Waals surface area contributed by atoms with Crippen molar-refractivity contribution in [2.45, 2.75) is 19.3 Å². The minimum atomic E-state index is -0.744. The second kappa shape index (κ2) is 11.7. The van der Waals surface area contributed by atoms with E-state index in [1.54, 1.807) is 15.3 Å². The lowest BCUT2D eigenvalue weighted by atomic mass is 9.77. The van der Waals surface area contributed by atoms with Crippen LogP contribution in [-0.2, 0) is 14.3 Å². The largest absolute Gasteiger partial charge is 0.453 e. The van der Waals surface area contributed by atoms with Crippen molar-refractivity contribution < 1.29 is 24.3 Å². The van der Waals surface area contributed by atoms with Crippen molar-refractivity contribution in [2.24, 2.45) is 23.7 Å². The highest BCUT2D eigenvalue weighted by atomic mass is 16.5. The van der Waals surface area contributed by atoms with E-state index in [4.69, 9.17) is 4.74 Å². The summed E-state index contributed by atoms with van der Waals surface area (Å²) in [6.07, 6.45) is 1.98. The zero-order chi connectivity index (χ0) is 24.8. The van der Waals surface area contributed by atoms with Crippen molar-refractivity contribution in [3.63, 3.8) is 0 Å². The quantitative estimate of drug-likeness (QED) is 0.431. The van der Waals surface area contributed by atoms with E-state index in [0.717, 1.165) is 31.6 Å². The van der Waals surface area contributed by atoms with Crippen LogP contribution in [0.4, 0.5) is 10.5 Å². The topological polar surface area (TPSA) is 114 Å². The number of para-hydroxylation sites is 1. The molecular weight excluding hydrogens is 450 g/mol. The molecule has 0 spiro atoms. The number of hydroxylamine groups is 1. The molecule has 192 valence electrons. The fourth-order valence-corrected chi connectivity index (χ4v) is 5.87. The first-order chi connectivity index (χ1) is 17.0. The zero-order valence-electron chi connectivity index (χ0n) is 20.4. The third-order valence-electron chi connectivity index (χ3n) is 7.83. The van der Waals surface area contributed by atoms with Crippen LogP contribution in [0.5, 0.6) is 0 Å². The molecule has 1 aromatic rings. The number of ether oxygens (including phenoxy) is 1. The number of piperidine rings is 1. The predicted octanol–water partition coefficient (Wildman–Crippen LogP) is 1.16. The number of hydrogen-bond acceptors (Lipinski definition) is 7. The monoisotopic (exact) mass is 487 g/mol. The third kappa shape index (κ3) is 5.87. The molecule has 0 aromatic heterocycles. The third-order valence-corrected chi connectivity index (χ3v) is 7.83. The Hall–Kier alpha value is -2.85. The Morgan fingerprint density at radius 3 is 2.37 bits per heavy atom. The van der Waals surface area contributed by atoms with E-state index < -0.39 is 23.8 Å². The standard InChI is InChI=1S/C25H37N5O5/c1-35-25(33)30-16-19(18-6-5-9-26-15-18)14-21(23(31)27-34)22(17-30)24(32)29-12-10-28(11-13-29)20-7-3-2-4-8-20/h2-4,7-8,18-19,21-22,26,34H,5-6,9-17H2,1H3,(H,27,31)/t18?,19-,21+,22-/m1/s1. The van der Waals surface area contributed by atoms with Crippen molar-refractivity contribution in [3.8, 4) is 0 Å². The summed E-state index contributed by atoms with van der Waals surface area (Å²) in [7, 11) is 1.34. The highest BCUT2D eigenvalue weighted by Gasteiger charge is 2.44. The molecule has 1 unspecified atom stereocenters. The molecule has 0 radical (unpaired) electrons. The van der Waals surface area contributed by atoms with Gasteiger partial charge in [0.25, 0.3) is 0 Å². The lowest BCUT2D eigenvalue weighted by molar-refractivity contribution is -0.146. The lowest BCUT2D eigenvalue weighted by Crippen LogP contribution is -2.54. The van der Waals surface area contributed by atoms with Crippen molar-refractivity contribution in [1.82, 2.24) is 20.6 Å². The number of rotatable bonds is 4. The number of benzene rings is 1. The van der Waals surface area contributed by atoms with Gasteiger partial charge in [-0.05, 0) is 56.3 Å². The summed E-state index contributed by atoms with van der Waals surface area (Å²) < 4.78 is 5.03. The number of likely N-dealkylation sites (tertiary alicyclic amines) is 1. The summed E-state index contributed by atoms with van der Waals surface area (Å²) in [5.41, 5.74) is 2.91. The minimum absolute atomic E-state index is 0.0249. The van der Waals surface area contributed by atoms with Gasteiger partial charge in [0.15, 0.2) is 0 Å². The van der Waals surface area contributed by atoms with E-state index in [1.807, 2.05) is 18.2 Å². The van der Waals surface area contributed by atoms with Crippen molar-refractivity contribution in [1.29, 1.82) is 0 Å². The van der Waals surface area contributed by atoms with Crippen LogP contribution in [0, 0.1) is 23.7 Å². The number of carbonyl (C=O) groups excluding carboxylic acids is 3. The van der Waals surface area contributed by atoms with Crippen molar-refractivity contribution >= 4 is 23.6 Å². The van der Waals surface area contributed by atoms with Gasteiger partial charge in [0, 0.05) is 45.0 Å². The summed E-state index contributed by atoms with van der Waals surface area (Å²) in [6.45, 7) is 4.75. The molecule has 3 heterocycles. The Labute approximate surface area is 206 Å². The number of amides is 3. The van der Waals surface area contributed by atoms with Gasteiger partial charge in [-0.25, -0.2) is 10.3 Å². The zero-order valence-corrected chi connectivity index (χ0v) is 20.4. The normalized spacial score (nSPS) is 27.7. The number of nitrogens with one attached hydrogen (secondary N) is 2. The molecule has 10 nitrogen and oxygen atoms in total. The Kier molecular flexibility index (Phi) is 8.46. The maximum absolute atomic E-state index is 13.8. The predicted molar refractivity (Wildman–Crippen MR) is 130 cm³/mol. The molecule has 3 fully saturated rings. The molecule has 3 saturated heterocycles. The van der Waals surface area contributed by atoms with E-state index in [2.05, 4.69) is 22.3 Å². The Balaban J connectivity index is 1.52. The van der Waals surface area contributed by atoms with Crippen LogP contribution in [0.3, 0.4) is 0 Å². The summed E-state index contributed by atoms with van der Waals surface area (Å²) in [6, 6.07) is 10.1. The number of methoxy groups -OCH3 is 1. The minimum Gasteiger partial charge on any atom is -0.453 e. The maximum Gasteiger partial charge on any atom is 0.409 e. The number of nitrogens with zero attached hydrogens (tertiary/aromatic N) is 3. The highest BCUT2D eigenvalue weighted by molar-refractivity contribution is 5.88. The summed E-state index contributed by atoms with van der Waals surface area (Å²) >= 11 is 0. The Morgan fingerprint density at radius 2 is 1.74 bits per heavy atom. The first-order valence-corrected chi connectivity index (χ1v) is 12.6. The average molecular weight is 488 g/mol. The van der Waals surface area contributed by atoms with Gasteiger partial charge >= 0.3 is 6.09 Å². The maximum atomic E-state index is 13.8. The van der Waals surface area contributed by atoms with E-state index in [-0.39, 0.29) is 24.3 Å². The summed E-state index contributed by atoms with van der Waals surface area (Å²) in [4.78, 5) is 44.9. The molecule has 1 aromatic carbocycles. The molecule has 4 atom stereocenters. The first-order valence-electron chi connectivity index (χ1n) is 12.6. The molecule has 0 aliphatic carbocycles. The van der Waals surface area contributed by atoms with E-state index in [0.29, 0.717) is 39.1 Å². The molecular formula is C25H37N5O5. The van der Waals surface area contributed by atoms with Crippen LogP contribution >= 0.6 is 0 Å². The number of hydrogen-bond donors (Lipinski definition) is 3. The van der Waals surface area contributed by atoms with Crippen LogP contribution < -0.4 is 15.7 Å². The molecule has 0 bridgehead atoms. The van der Waals surface area contributed by atoms with E-state index in [1.165, 1.54) is 7.11 Å². The molecule has 10 heteroatoms. The van der Waals surface area contributed by atoms with Gasteiger partial charge in [-0.1, -0.05) is 18.2 Å². The number of carbonyl (C=O) groups is 3. The average Bonchev–Trinajstić information content (AvgIpc) is 3.13. The number of piperazine rings is 1. The van der Waals surface area contributed by atoms with Gasteiger partial charge in [0.05, 0.1) is 18.9 Å². The molecule has 0 saturated carbocycles. The molecule has 35 heavy (non-hydrogen) atoms. The van der Waals surface area contributed by atoms with Crippen LogP contribution in [-0.4, -0.2) is 92.4 Å². The van der Waals surface area contributed by atoms with Gasteiger partial charge in [0.2, 0.25) is 11.8 Å². The molecule has 3 N–H and O–H groups in total. The summed E-state index contributed by atoms with van der Waals surface area (Å²) in [5, 5.41) is 12.9. The lowest BCUT2D eigenvalue weighted by Gasteiger charge is -2.38. The van der Waals surface area contributed by atoms with E-state index in [9.17, 15) is 19.6 Å². The smallest absolute Gasteiger partial charge is 0.409 e. The highest BCUT2D eigenvalue weighted by Crippen LogP contribution is 2.35. The van der Waals surface area contributed by atoms with Gasteiger partial charge in [-0.3, -0.25) is 14.8 Å². The van der Waals surface area contributed by atoms with Gasteiger partial charge < -0.3 is 24.8 Å². The summed E-state index contributed by atoms with van der Waals surface area (Å²) in [5.74, 6) is -1.87. The van der Waals surface area contributed by atoms with Gasteiger partial charge in [-0.2, -0.15) is 0 Å².